The monoisotopic (exact) mass is 253 g/mol. The first-order valence-corrected chi connectivity index (χ1v) is 5.94. The molecule has 1 rings (SSSR count). The molecule has 0 aliphatic heterocycles. The Morgan fingerprint density at radius 1 is 1.47 bits per heavy atom. The summed E-state index contributed by atoms with van der Waals surface area (Å²) < 4.78 is 35.1. The van der Waals surface area contributed by atoms with Crippen molar-refractivity contribution in [3.8, 4) is 0 Å². The molecule has 0 aliphatic carbocycles. The van der Waals surface area contributed by atoms with Gasteiger partial charge in [-0.3, -0.25) is 10.1 Å². The Balaban J connectivity index is 3.70. The third-order valence-electron chi connectivity index (χ3n) is 1.72. The van der Waals surface area contributed by atoms with Crippen LogP contribution in [0.1, 0.15) is 5.56 Å². The zero-order chi connectivity index (χ0) is 11.8. The molecular weight excluding hydrogens is 249 g/mol. The van der Waals surface area contributed by atoms with Gasteiger partial charge in [0.25, 0.3) is 9.05 Å². The number of benzene rings is 1. The zero-order valence-corrected chi connectivity index (χ0v) is 8.97. The summed E-state index contributed by atoms with van der Waals surface area (Å²) in [6.07, 6.45) is 0. The maximum Gasteiger partial charge on any atom is 0.324 e. The Morgan fingerprint density at radius 2 is 2.00 bits per heavy atom. The fraction of sp³-hybridized carbons (Fsp3) is 0.143. The summed E-state index contributed by atoms with van der Waals surface area (Å²) in [6.45, 7) is 1.28. The lowest BCUT2D eigenvalue weighted by Gasteiger charge is -2.02. The van der Waals surface area contributed by atoms with Gasteiger partial charge in [0.05, 0.1) is 4.92 Å². The third kappa shape index (κ3) is 2.24. The van der Waals surface area contributed by atoms with Crippen molar-refractivity contribution in [2.45, 2.75) is 11.8 Å². The van der Waals surface area contributed by atoms with Crippen molar-refractivity contribution in [3.05, 3.63) is 33.6 Å². The molecule has 0 amide bonds. The highest BCUT2D eigenvalue weighted by atomic mass is 35.7. The highest BCUT2D eigenvalue weighted by molar-refractivity contribution is 8.13. The number of nitro benzene ring substituents is 1. The van der Waals surface area contributed by atoms with Crippen molar-refractivity contribution in [2.75, 3.05) is 0 Å². The van der Waals surface area contributed by atoms with Gasteiger partial charge in [-0.2, -0.15) is 4.39 Å². The number of rotatable bonds is 2. The van der Waals surface area contributed by atoms with E-state index in [4.69, 9.17) is 10.7 Å². The van der Waals surface area contributed by atoms with Crippen LogP contribution in [0.4, 0.5) is 10.1 Å². The predicted molar refractivity (Wildman–Crippen MR) is 50.8 cm³/mol. The Labute approximate surface area is 89.0 Å². The molecule has 0 heterocycles. The van der Waals surface area contributed by atoms with Crippen molar-refractivity contribution in [1.82, 2.24) is 0 Å². The van der Waals surface area contributed by atoms with Gasteiger partial charge in [-0.15, -0.1) is 0 Å². The van der Waals surface area contributed by atoms with Gasteiger partial charge in [-0.1, -0.05) is 6.07 Å². The van der Waals surface area contributed by atoms with Crippen molar-refractivity contribution >= 4 is 25.4 Å². The van der Waals surface area contributed by atoms with Crippen molar-refractivity contribution < 1.29 is 17.7 Å². The average Bonchev–Trinajstić information content (AvgIpc) is 2.06. The first-order chi connectivity index (χ1) is 6.75. The van der Waals surface area contributed by atoms with Crippen LogP contribution in [0.2, 0.25) is 0 Å². The van der Waals surface area contributed by atoms with E-state index in [0.717, 1.165) is 12.1 Å². The first-order valence-electron chi connectivity index (χ1n) is 3.63. The Morgan fingerprint density at radius 3 is 2.40 bits per heavy atom. The summed E-state index contributed by atoms with van der Waals surface area (Å²) in [7, 11) is 0.606. The fourth-order valence-corrected chi connectivity index (χ4v) is 2.01. The van der Waals surface area contributed by atoms with Crippen LogP contribution in [-0.4, -0.2) is 13.3 Å². The summed E-state index contributed by atoms with van der Waals surface area (Å²) in [5.41, 5.74) is -1.14. The van der Waals surface area contributed by atoms with Crippen LogP contribution in [-0.2, 0) is 9.05 Å². The molecule has 82 valence electrons. The second-order valence-corrected chi connectivity index (χ2v) is 5.27. The van der Waals surface area contributed by atoms with E-state index in [1.165, 1.54) is 6.92 Å². The molecule has 1 aromatic carbocycles. The van der Waals surface area contributed by atoms with Gasteiger partial charge in [0.1, 0.15) is 0 Å². The smallest absolute Gasteiger partial charge is 0.258 e. The van der Waals surface area contributed by atoms with E-state index in [0.29, 0.717) is 0 Å². The van der Waals surface area contributed by atoms with Gasteiger partial charge in [-0.25, -0.2) is 8.42 Å². The molecule has 0 aromatic heterocycles. The lowest BCUT2D eigenvalue weighted by atomic mass is 10.2. The SMILES string of the molecule is Cc1ccc(S(=O)(=O)Cl)c([N+](=O)[O-])c1F. The van der Waals surface area contributed by atoms with Gasteiger partial charge in [-0.05, 0) is 18.6 Å². The van der Waals surface area contributed by atoms with Crippen molar-refractivity contribution in [1.29, 1.82) is 0 Å². The number of nitrogens with zero attached hydrogens (tertiary/aromatic N) is 1. The maximum atomic E-state index is 13.3. The van der Waals surface area contributed by atoms with Crippen LogP contribution in [0.15, 0.2) is 17.0 Å². The molecule has 0 unspecified atom stereocenters. The Hall–Kier alpha value is -1.21. The zero-order valence-electron chi connectivity index (χ0n) is 7.40. The minimum Gasteiger partial charge on any atom is -0.258 e. The predicted octanol–water partition coefficient (Wildman–Crippen LogP) is 1.97. The summed E-state index contributed by atoms with van der Waals surface area (Å²) in [5, 5.41) is 10.5. The molecule has 0 fully saturated rings. The van der Waals surface area contributed by atoms with Gasteiger partial charge in [0.2, 0.25) is 5.82 Å². The van der Waals surface area contributed by atoms with Gasteiger partial charge >= 0.3 is 5.69 Å². The van der Waals surface area contributed by atoms with E-state index in [2.05, 4.69) is 0 Å². The number of hydrogen-bond donors (Lipinski definition) is 0. The molecule has 0 saturated heterocycles. The molecule has 0 atom stereocenters. The van der Waals surface area contributed by atoms with E-state index in [1.54, 1.807) is 0 Å². The number of halogens is 2. The molecule has 0 aliphatic rings. The molecule has 5 nitrogen and oxygen atoms in total. The topological polar surface area (TPSA) is 77.3 Å². The standard InChI is InChI=1S/C7H5ClFNO4S/c1-4-2-3-5(15(8,13)14)7(6(4)9)10(11)12/h2-3H,1H3. The molecular formula is C7H5ClFNO4S. The molecule has 0 radical (unpaired) electrons. The third-order valence-corrected chi connectivity index (χ3v) is 3.07. The minimum atomic E-state index is -4.33. The lowest BCUT2D eigenvalue weighted by Crippen LogP contribution is -2.03. The highest BCUT2D eigenvalue weighted by Gasteiger charge is 2.29. The van der Waals surface area contributed by atoms with Crippen LogP contribution in [0.25, 0.3) is 0 Å². The molecule has 8 heteroatoms. The summed E-state index contributed by atoms with van der Waals surface area (Å²) in [6, 6.07) is 2.01. The van der Waals surface area contributed by atoms with Crippen LogP contribution in [0.3, 0.4) is 0 Å². The second-order valence-electron chi connectivity index (χ2n) is 2.74. The van der Waals surface area contributed by atoms with E-state index in [1.807, 2.05) is 0 Å². The molecule has 0 spiro atoms. The van der Waals surface area contributed by atoms with Crippen molar-refractivity contribution in [2.24, 2.45) is 0 Å². The normalized spacial score (nSPS) is 11.4. The molecule has 1 aromatic rings. The molecule has 0 bridgehead atoms. The van der Waals surface area contributed by atoms with E-state index >= 15 is 0 Å². The molecule has 0 saturated carbocycles. The van der Waals surface area contributed by atoms with Crippen molar-refractivity contribution in [3.63, 3.8) is 0 Å². The first kappa shape index (κ1) is 11.9. The average molecular weight is 254 g/mol. The quantitative estimate of drug-likeness (QED) is 0.459. The summed E-state index contributed by atoms with van der Waals surface area (Å²) in [5.74, 6) is -1.19. The second kappa shape index (κ2) is 3.74. The number of hydrogen-bond acceptors (Lipinski definition) is 4. The molecule has 15 heavy (non-hydrogen) atoms. The number of nitro groups is 1. The fourth-order valence-electron chi connectivity index (χ4n) is 1.01. The van der Waals surface area contributed by atoms with E-state index in [9.17, 15) is 22.9 Å². The van der Waals surface area contributed by atoms with Crippen LogP contribution >= 0.6 is 10.7 Å². The highest BCUT2D eigenvalue weighted by Crippen LogP contribution is 2.30. The van der Waals surface area contributed by atoms with E-state index in [-0.39, 0.29) is 5.56 Å². The molecule has 0 N–H and O–H groups in total. The minimum absolute atomic E-state index is 0.0224. The largest absolute Gasteiger partial charge is 0.324 e. The Bertz CT molecular complexity index is 528. The number of aryl methyl sites for hydroxylation is 1. The van der Waals surface area contributed by atoms with Crippen LogP contribution < -0.4 is 0 Å². The maximum absolute atomic E-state index is 13.3. The van der Waals surface area contributed by atoms with Gasteiger partial charge in [0.15, 0.2) is 4.90 Å². The van der Waals surface area contributed by atoms with E-state index < -0.39 is 30.4 Å². The summed E-state index contributed by atoms with van der Waals surface area (Å²) in [4.78, 5) is 8.53. The van der Waals surface area contributed by atoms with Gasteiger partial charge in [0, 0.05) is 10.7 Å². The Kier molecular flexibility index (Phi) is 2.96. The lowest BCUT2D eigenvalue weighted by molar-refractivity contribution is -0.390. The summed E-state index contributed by atoms with van der Waals surface area (Å²) >= 11 is 0. The van der Waals surface area contributed by atoms with Crippen LogP contribution in [0.5, 0.6) is 0 Å². The van der Waals surface area contributed by atoms with Crippen LogP contribution in [0, 0.1) is 22.9 Å². The van der Waals surface area contributed by atoms with Gasteiger partial charge < -0.3 is 0 Å².